The van der Waals surface area contributed by atoms with E-state index < -0.39 is 0 Å². The number of hydrogen-bond donors (Lipinski definition) is 2. The summed E-state index contributed by atoms with van der Waals surface area (Å²) < 4.78 is 5.79. The molecule has 3 unspecified atom stereocenters. The van der Waals surface area contributed by atoms with Gasteiger partial charge >= 0.3 is 0 Å². The predicted molar refractivity (Wildman–Crippen MR) is 56.6 cm³/mol. The fourth-order valence-corrected chi connectivity index (χ4v) is 2.99. The SMILES string of the molecule is CC1CCOC1C(NN)C1CCCC1. The highest BCUT2D eigenvalue weighted by Crippen LogP contribution is 2.34. The summed E-state index contributed by atoms with van der Waals surface area (Å²) in [6.45, 7) is 3.19. The maximum absolute atomic E-state index is 5.79. The summed E-state index contributed by atoms with van der Waals surface area (Å²) in [5.74, 6) is 7.07. The lowest BCUT2D eigenvalue weighted by Gasteiger charge is -2.30. The number of nitrogens with one attached hydrogen (secondary N) is 1. The van der Waals surface area contributed by atoms with E-state index in [1.165, 1.54) is 32.1 Å². The summed E-state index contributed by atoms with van der Waals surface area (Å²) in [6.07, 6.45) is 6.91. The minimum Gasteiger partial charge on any atom is -0.376 e. The van der Waals surface area contributed by atoms with Crippen LogP contribution in [0.5, 0.6) is 0 Å². The van der Waals surface area contributed by atoms with Crippen LogP contribution in [0.15, 0.2) is 0 Å². The molecule has 0 bridgehead atoms. The zero-order chi connectivity index (χ0) is 9.97. The lowest BCUT2D eigenvalue weighted by molar-refractivity contribution is 0.0415. The molecule has 1 saturated carbocycles. The summed E-state index contributed by atoms with van der Waals surface area (Å²) in [6, 6.07) is 0.384. The monoisotopic (exact) mass is 198 g/mol. The lowest BCUT2D eigenvalue weighted by atomic mass is 9.88. The van der Waals surface area contributed by atoms with E-state index in [0.29, 0.717) is 18.1 Å². The van der Waals surface area contributed by atoms with Gasteiger partial charge < -0.3 is 4.74 Å². The number of nitrogens with two attached hydrogens (primary N) is 1. The van der Waals surface area contributed by atoms with Crippen LogP contribution in [0.2, 0.25) is 0 Å². The Bertz CT molecular complexity index is 180. The van der Waals surface area contributed by atoms with Crippen molar-refractivity contribution in [1.29, 1.82) is 0 Å². The van der Waals surface area contributed by atoms with Gasteiger partial charge in [0.2, 0.25) is 0 Å². The molecule has 0 aromatic rings. The van der Waals surface area contributed by atoms with Crippen molar-refractivity contribution in [2.24, 2.45) is 17.7 Å². The quantitative estimate of drug-likeness (QED) is 0.533. The van der Waals surface area contributed by atoms with E-state index in [4.69, 9.17) is 10.6 Å². The smallest absolute Gasteiger partial charge is 0.0770 e. The van der Waals surface area contributed by atoms with Gasteiger partial charge in [0.25, 0.3) is 0 Å². The molecule has 0 aromatic carbocycles. The summed E-state index contributed by atoms with van der Waals surface area (Å²) in [5, 5.41) is 0. The first-order valence-corrected chi connectivity index (χ1v) is 5.90. The average molecular weight is 198 g/mol. The van der Waals surface area contributed by atoms with Gasteiger partial charge in [0.1, 0.15) is 0 Å². The molecule has 2 rings (SSSR count). The van der Waals surface area contributed by atoms with Crippen LogP contribution in [0.25, 0.3) is 0 Å². The Morgan fingerprint density at radius 1 is 1.29 bits per heavy atom. The van der Waals surface area contributed by atoms with Gasteiger partial charge in [-0.05, 0) is 31.1 Å². The highest BCUT2D eigenvalue weighted by Gasteiger charge is 2.37. The zero-order valence-electron chi connectivity index (χ0n) is 9.04. The van der Waals surface area contributed by atoms with Crippen LogP contribution in [-0.2, 0) is 4.74 Å². The predicted octanol–water partition coefficient (Wildman–Crippen LogP) is 1.43. The minimum absolute atomic E-state index is 0.350. The van der Waals surface area contributed by atoms with Crippen LogP contribution in [0.1, 0.15) is 39.0 Å². The van der Waals surface area contributed by atoms with Crippen LogP contribution < -0.4 is 11.3 Å². The Morgan fingerprint density at radius 2 is 2.00 bits per heavy atom. The Morgan fingerprint density at radius 3 is 2.50 bits per heavy atom. The third-order valence-electron chi connectivity index (χ3n) is 3.90. The molecule has 1 heterocycles. The first-order valence-electron chi connectivity index (χ1n) is 5.90. The van der Waals surface area contributed by atoms with Crippen LogP contribution in [-0.4, -0.2) is 18.8 Å². The molecule has 82 valence electrons. The molecule has 3 N–H and O–H groups in total. The van der Waals surface area contributed by atoms with E-state index in [1.54, 1.807) is 0 Å². The van der Waals surface area contributed by atoms with Crippen molar-refractivity contribution in [3.63, 3.8) is 0 Å². The van der Waals surface area contributed by atoms with Crippen molar-refractivity contribution in [3.8, 4) is 0 Å². The van der Waals surface area contributed by atoms with Crippen molar-refractivity contribution in [3.05, 3.63) is 0 Å². The number of hydrogen-bond acceptors (Lipinski definition) is 3. The molecular weight excluding hydrogens is 176 g/mol. The molecule has 1 aliphatic carbocycles. The molecule has 1 saturated heterocycles. The van der Waals surface area contributed by atoms with E-state index >= 15 is 0 Å². The van der Waals surface area contributed by atoms with Gasteiger partial charge in [-0.15, -0.1) is 0 Å². The molecular formula is C11H22N2O. The lowest BCUT2D eigenvalue weighted by Crippen LogP contribution is -2.49. The molecule has 3 atom stereocenters. The second kappa shape index (κ2) is 4.60. The van der Waals surface area contributed by atoms with Crippen molar-refractivity contribution in [2.45, 2.75) is 51.2 Å². The molecule has 1 aliphatic heterocycles. The Labute approximate surface area is 86.4 Å². The molecule has 14 heavy (non-hydrogen) atoms. The van der Waals surface area contributed by atoms with Crippen molar-refractivity contribution < 1.29 is 4.74 Å². The third-order valence-corrected chi connectivity index (χ3v) is 3.90. The third kappa shape index (κ3) is 1.95. The van der Waals surface area contributed by atoms with E-state index in [2.05, 4.69) is 12.3 Å². The first-order chi connectivity index (χ1) is 6.83. The summed E-state index contributed by atoms with van der Waals surface area (Å²) in [7, 11) is 0. The molecule has 0 amide bonds. The Balaban J connectivity index is 1.96. The van der Waals surface area contributed by atoms with Gasteiger partial charge in [-0.25, -0.2) is 0 Å². The van der Waals surface area contributed by atoms with Gasteiger partial charge in [-0.3, -0.25) is 11.3 Å². The topological polar surface area (TPSA) is 47.3 Å². The first kappa shape index (κ1) is 10.4. The highest BCUT2D eigenvalue weighted by atomic mass is 16.5. The molecule has 3 nitrogen and oxygen atoms in total. The Kier molecular flexibility index (Phi) is 3.42. The van der Waals surface area contributed by atoms with E-state index in [0.717, 1.165) is 12.5 Å². The van der Waals surface area contributed by atoms with Crippen molar-refractivity contribution in [2.75, 3.05) is 6.61 Å². The zero-order valence-corrected chi connectivity index (χ0v) is 9.04. The second-order valence-electron chi connectivity index (χ2n) is 4.84. The number of rotatable bonds is 3. The molecule has 2 fully saturated rings. The van der Waals surface area contributed by atoms with Crippen LogP contribution in [0, 0.1) is 11.8 Å². The number of hydrazine groups is 1. The molecule has 0 radical (unpaired) electrons. The van der Waals surface area contributed by atoms with Crippen LogP contribution in [0.4, 0.5) is 0 Å². The normalized spacial score (nSPS) is 36.4. The van der Waals surface area contributed by atoms with Crippen molar-refractivity contribution >= 4 is 0 Å². The van der Waals surface area contributed by atoms with Gasteiger partial charge in [0, 0.05) is 6.61 Å². The highest BCUT2D eigenvalue weighted by molar-refractivity contribution is 4.90. The van der Waals surface area contributed by atoms with E-state index in [1.807, 2.05) is 0 Å². The van der Waals surface area contributed by atoms with E-state index in [-0.39, 0.29) is 0 Å². The van der Waals surface area contributed by atoms with Crippen LogP contribution >= 0.6 is 0 Å². The summed E-state index contributed by atoms with van der Waals surface area (Å²) in [4.78, 5) is 0. The average Bonchev–Trinajstić information content (AvgIpc) is 2.80. The van der Waals surface area contributed by atoms with Crippen LogP contribution in [0.3, 0.4) is 0 Å². The standard InChI is InChI=1S/C11H22N2O/c1-8-6-7-14-11(8)10(13-12)9-4-2-3-5-9/h8-11,13H,2-7,12H2,1H3. The van der Waals surface area contributed by atoms with Gasteiger partial charge in [0.15, 0.2) is 0 Å². The molecule has 3 heteroatoms. The van der Waals surface area contributed by atoms with Gasteiger partial charge in [-0.1, -0.05) is 19.8 Å². The fourth-order valence-electron chi connectivity index (χ4n) is 2.99. The maximum Gasteiger partial charge on any atom is 0.0770 e. The minimum atomic E-state index is 0.350. The maximum atomic E-state index is 5.79. The molecule has 2 aliphatic rings. The molecule has 0 spiro atoms. The summed E-state index contributed by atoms with van der Waals surface area (Å²) in [5.41, 5.74) is 2.99. The number of ether oxygens (including phenoxy) is 1. The van der Waals surface area contributed by atoms with E-state index in [9.17, 15) is 0 Å². The largest absolute Gasteiger partial charge is 0.376 e. The van der Waals surface area contributed by atoms with Crippen molar-refractivity contribution in [1.82, 2.24) is 5.43 Å². The second-order valence-corrected chi connectivity index (χ2v) is 4.84. The van der Waals surface area contributed by atoms with Gasteiger partial charge in [0.05, 0.1) is 12.1 Å². The fraction of sp³-hybridized carbons (Fsp3) is 1.00. The van der Waals surface area contributed by atoms with Gasteiger partial charge in [-0.2, -0.15) is 0 Å². The molecule has 0 aromatic heterocycles. The summed E-state index contributed by atoms with van der Waals surface area (Å²) >= 11 is 0. The Hall–Kier alpha value is -0.120.